The second kappa shape index (κ2) is 23.6. The zero-order chi connectivity index (χ0) is 44.6. The normalized spacial score (nSPS) is 24.2. The molecule has 0 radical (unpaired) electrons. The van der Waals surface area contributed by atoms with Gasteiger partial charge in [-0.3, -0.25) is 0 Å². The van der Waals surface area contributed by atoms with Crippen LogP contribution in [0, 0.1) is 47.5 Å². The largest absolute Gasteiger partial charge is 0.368 e. The Labute approximate surface area is 394 Å². The van der Waals surface area contributed by atoms with E-state index in [4.69, 9.17) is 23.7 Å². The van der Waals surface area contributed by atoms with Crippen LogP contribution in [0.3, 0.4) is 0 Å². The van der Waals surface area contributed by atoms with Crippen molar-refractivity contribution in [2.45, 2.75) is 159 Å². The van der Waals surface area contributed by atoms with Gasteiger partial charge in [-0.05, 0) is 94.5 Å². The van der Waals surface area contributed by atoms with E-state index in [0.717, 1.165) is 44.4 Å². The molecule has 6 atom stereocenters. The summed E-state index contributed by atoms with van der Waals surface area (Å²) >= 11 is 0. The second-order valence-corrected chi connectivity index (χ2v) is 17.5. The Morgan fingerprint density at radius 2 is 1.03 bits per heavy atom. The molecule has 14 heteroatoms. The van der Waals surface area contributed by atoms with Crippen LogP contribution < -0.4 is 0 Å². The molecule has 3 aliphatic rings. The molecular weight excluding hydrogens is 831 g/mol. The standard InChI is InChI=1S/C17H23N3O.2C16H21N3O2.3CH4/c1-4-15-8-17(21-9-15,10-20-12-18-11-19-20)16-6-5-13(2)7-14(16)3;1-4-15-20-9-16(21-15,8-19-11-17-10-18-19)14-6-5-12(2)7-13(14)3;1-4-14-8-20-16(21-14,9-19-11-17-10-18-19)15-6-5-12(2)7-13(15)3;;;/h5-7,11-12,15H,4,8-10H2,1-3H3;5-7,10-11,15H,4,8-9H2,1-3H3;5-7,10-11,14H,4,8-9H2,1-3H3;3*1H4. The summed E-state index contributed by atoms with van der Waals surface area (Å²) in [5.74, 6) is -0.152. The minimum Gasteiger partial charge on any atom is -0.368 e. The van der Waals surface area contributed by atoms with Gasteiger partial charge in [0.25, 0.3) is 0 Å². The van der Waals surface area contributed by atoms with Crippen LogP contribution in [0.15, 0.2) is 92.6 Å². The first-order valence-electron chi connectivity index (χ1n) is 22.3. The van der Waals surface area contributed by atoms with Crippen LogP contribution >= 0.6 is 0 Å². The molecule has 3 saturated heterocycles. The zero-order valence-corrected chi connectivity index (χ0v) is 38.5. The number of rotatable bonds is 12. The van der Waals surface area contributed by atoms with Gasteiger partial charge in [0, 0.05) is 5.56 Å². The fourth-order valence-electron chi connectivity index (χ4n) is 9.21. The Balaban J connectivity index is 0.000000212. The second-order valence-electron chi connectivity index (χ2n) is 17.5. The van der Waals surface area contributed by atoms with Crippen molar-refractivity contribution in [2.24, 2.45) is 5.92 Å². The van der Waals surface area contributed by atoms with Crippen molar-refractivity contribution in [2.75, 3.05) is 19.8 Å². The highest BCUT2D eigenvalue weighted by molar-refractivity contribution is 5.37. The predicted octanol–water partition coefficient (Wildman–Crippen LogP) is 10.3. The number of benzene rings is 3. The van der Waals surface area contributed by atoms with Gasteiger partial charge in [0.1, 0.15) is 55.7 Å². The molecule has 0 N–H and O–H groups in total. The van der Waals surface area contributed by atoms with E-state index in [0.29, 0.717) is 32.2 Å². The smallest absolute Gasteiger partial charge is 0.215 e. The molecule has 3 aliphatic heterocycles. The lowest BCUT2D eigenvalue weighted by Gasteiger charge is -2.30. The molecule has 3 fully saturated rings. The van der Waals surface area contributed by atoms with Crippen molar-refractivity contribution in [3.8, 4) is 0 Å². The number of aryl methyl sites for hydroxylation is 6. The summed E-state index contributed by atoms with van der Waals surface area (Å²) in [6.07, 6.45) is 13.8. The zero-order valence-electron chi connectivity index (χ0n) is 38.5. The number of nitrogens with zero attached hydrogens (tertiary/aromatic N) is 9. The molecule has 66 heavy (non-hydrogen) atoms. The summed E-state index contributed by atoms with van der Waals surface area (Å²) in [5.41, 5.74) is 10.2. The van der Waals surface area contributed by atoms with Gasteiger partial charge in [-0.25, -0.2) is 29.0 Å². The van der Waals surface area contributed by atoms with E-state index in [1.807, 2.05) is 4.68 Å². The topological polar surface area (TPSA) is 138 Å². The lowest BCUT2D eigenvalue weighted by molar-refractivity contribution is -0.189. The van der Waals surface area contributed by atoms with Gasteiger partial charge in [0.05, 0.1) is 39.0 Å². The molecule has 6 aromatic rings. The quantitative estimate of drug-likeness (QED) is 0.116. The third-order valence-electron chi connectivity index (χ3n) is 12.4. The molecule has 6 unspecified atom stereocenters. The van der Waals surface area contributed by atoms with Crippen LogP contribution in [0.4, 0.5) is 0 Å². The number of ether oxygens (including phenoxy) is 5. The maximum atomic E-state index is 6.34. The van der Waals surface area contributed by atoms with Gasteiger partial charge < -0.3 is 23.7 Å². The highest BCUT2D eigenvalue weighted by Crippen LogP contribution is 2.43. The van der Waals surface area contributed by atoms with E-state index in [2.05, 4.69) is 147 Å². The number of hydrogen-bond acceptors (Lipinski definition) is 11. The lowest BCUT2D eigenvalue weighted by atomic mass is 9.83. The molecule has 0 saturated carbocycles. The molecule has 9 rings (SSSR count). The van der Waals surface area contributed by atoms with Crippen LogP contribution in [0.5, 0.6) is 0 Å². The van der Waals surface area contributed by atoms with E-state index in [9.17, 15) is 0 Å². The van der Waals surface area contributed by atoms with Crippen LogP contribution in [0.25, 0.3) is 0 Å². The molecule has 0 amide bonds. The van der Waals surface area contributed by atoms with E-state index >= 15 is 0 Å². The Morgan fingerprint density at radius 3 is 1.44 bits per heavy atom. The van der Waals surface area contributed by atoms with Crippen molar-refractivity contribution in [3.05, 3.63) is 143 Å². The Kier molecular flexibility index (Phi) is 19.1. The van der Waals surface area contributed by atoms with Crippen molar-refractivity contribution in [1.29, 1.82) is 0 Å². The molecule has 3 aromatic carbocycles. The van der Waals surface area contributed by atoms with Crippen LogP contribution in [0.2, 0.25) is 0 Å². The summed E-state index contributed by atoms with van der Waals surface area (Å²) < 4.78 is 36.3. The third kappa shape index (κ3) is 12.3. The van der Waals surface area contributed by atoms with Gasteiger partial charge in [-0.1, -0.05) is 121 Å². The minimum absolute atomic E-state index is 0. The fourth-order valence-corrected chi connectivity index (χ4v) is 9.21. The highest BCUT2D eigenvalue weighted by atomic mass is 16.7. The van der Waals surface area contributed by atoms with Gasteiger partial charge in [-0.15, -0.1) is 0 Å². The Bertz CT molecular complexity index is 2090. The van der Waals surface area contributed by atoms with Crippen LogP contribution in [0.1, 0.15) is 119 Å². The van der Waals surface area contributed by atoms with Crippen molar-refractivity contribution < 1.29 is 23.7 Å². The van der Waals surface area contributed by atoms with E-state index in [1.54, 1.807) is 41.0 Å². The first kappa shape index (κ1) is 53.5. The molecule has 14 nitrogen and oxygen atoms in total. The summed E-state index contributed by atoms with van der Waals surface area (Å²) in [4.78, 5) is 12.1. The molecular formula is C52H77N9O5. The van der Waals surface area contributed by atoms with Crippen molar-refractivity contribution in [3.63, 3.8) is 0 Å². The predicted molar refractivity (Wildman–Crippen MR) is 260 cm³/mol. The lowest BCUT2D eigenvalue weighted by Crippen LogP contribution is -2.35. The van der Waals surface area contributed by atoms with Gasteiger partial charge in [0.15, 0.2) is 6.29 Å². The average molecular weight is 908 g/mol. The summed E-state index contributed by atoms with van der Waals surface area (Å²) in [6.45, 7) is 22.9. The average Bonchev–Trinajstić information content (AvgIpc) is 4.13. The monoisotopic (exact) mass is 908 g/mol. The van der Waals surface area contributed by atoms with Crippen LogP contribution in [-0.2, 0) is 60.3 Å². The SMILES string of the molecule is C.C.C.CCC1COC(Cn2cncn2)(c2ccc(C)cc2C)C1.CCC1COC(Cn2cncn2)(c2ccc(C)cc2C)O1.CCC1OCC(Cn2cncn2)(c2ccc(C)cc2C)O1. The van der Waals surface area contributed by atoms with Crippen molar-refractivity contribution >= 4 is 0 Å². The highest BCUT2D eigenvalue weighted by Gasteiger charge is 2.46. The van der Waals surface area contributed by atoms with Gasteiger partial charge in [0.2, 0.25) is 5.79 Å². The molecule has 0 aliphatic carbocycles. The molecule has 3 aromatic heterocycles. The molecule has 360 valence electrons. The Morgan fingerprint density at radius 1 is 0.545 bits per heavy atom. The van der Waals surface area contributed by atoms with Crippen LogP contribution in [-0.4, -0.2) is 76.5 Å². The molecule has 6 heterocycles. The first-order chi connectivity index (χ1) is 30.4. The summed E-state index contributed by atoms with van der Waals surface area (Å²) in [7, 11) is 0. The van der Waals surface area contributed by atoms with Crippen molar-refractivity contribution in [1.82, 2.24) is 44.3 Å². The Hall–Kier alpha value is -5.12. The molecule has 0 bridgehead atoms. The third-order valence-corrected chi connectivity index (χ3v) is 12.4. The van der Waals surface area contributed by atoms with Gasteiger partial charge in [-0.2, -0.15) is 15.3 Å². The summed E-state index contributed by atoms with van der Waals surface area (Å²) in [6, 6.07) is 19.4. The fraction of sp³-hybridized carbons (Fsp3) is 0.538. The van der Waals surface area contributed by atoms with E-state index < -0.39 is 11.4 Å². The minimum atomic E-state index is -0.772. The maximum absolute atomic E-state index is 6.34. The van der Waals surface area contributed by atoms with Gasteiger partial charge >= 0.3 is 0 Å². The number of hydrogen-bond donors (Lipinski definition) is 0. The van der Waals surface area contributed by atoms with E-state index in [1.165, 1.54) is 50.8 Å². The molecule has 0 spiro atoms. The maximum Gasteiger partial charge on any atom is 0.215 e. The summed E-state index contributed by atoms with van der Waals surface area (Å²) in [5, 5.41) is 12.7. The first-order valence-corrected chi connectivity index (χ1v) is 22.3. The number of aromatic nitrogens is 9. The van der Waals surface area contributed by atoms with E-state index in [-0.39, 0.29) is 40.3 Å².